The molecule has 1 aromatic carbocycles. The molecule has 1 rings (SSSR count). The van der Waals surface area contributed by atoms with Crippen molar-refractivity contribution in [3.8, 4) is 5.75 Å². The molecule has 0 fully saturated rings. The molecule has 0 aromatic heterocycles. The summed E-state index contributed by atoms with van der Waals surface area (Å²) in [4.78, 5) is 0. The van der Waals surface area contributed by atoms with Gasteiger partial charge < -0.3 is 0 Å². The monoisotopic (exact) mass is 215 g/mol. The van der Waals surface area contributed by atoms with Crippen molar-refractivity contribution in [3.63, 3.8) is 0 Å². The van der Waals surface area contributed by atoms with E-state index in [0.717, 1.165) is 4.35 Å². The van der Waals surface area contributed by atoms with E-state index < -0.39 is 15.8 Å². The van der Waals surface area contributed by atoms with Crippen molar-refractivity contribution in [1.82, 2.24) is 0 Å². The molecule has 4 heteroatoms. The third-order valence-electron chi connectivity index (χ3n) is 1.29. The van der Waals surface area contributed by atoms with Gasteiger partial charge in [0.15, 0.2) is 0 Å². The van der Waals surface area contributed by atoms with E-state index in [1.54, 1.807) is 18.2 Å². The second kappa shape index (κ2) is 3.65. The van der Waals surface area contributed by atoms with Crippen LogP contribution in [-0.4, -0.2) is 31.4 Å². The van der Waals surface area contributed by atoms with Crippen LogP contribution in [0.25, 0.3) is 0 Å². The van der Waals surface area contributed by atoms with Crippen molar-refractivity contribution in [1.29, 1.82) is 0 Å². The number of aliphatic hydroxyl groups is 1. The number of hydrogen-bond donors (Lipinski definition) is 3. The zero-order valence-corrected chi connectivity index (χ0v) is 8.01. The second-order valence-electron chi connectivity index (χ2n) is 2.11. The summed E-state index contributed by atoms with van der Waals surface area (Å²) < 4.78 is 0.813. The van der Waals surface area contributed by atoms with Gasteiger partial charge in [-0.1, -0.05) is 0 Å². The first kappa shape index (κ1) is 8.44. The van der Waals surface area contributed by atoms with Gasteiger partial charge >= 0.3 is 71.1 Å². The van der Waals surface area contributed by atoms with E-state index in [4.69, 9.17) is 10.8 Å². The van der Waals surface area contributed by atoms with E-state index in [1.807, 2.05) is 0 Å². The summed E-state index contributed by atoms with van der Waals surface area (Å²) in [5.74, 6) is 0.244. The fourth-order valence-corrected chi connectivity index (χ4v) is 2.26. The predicted molar refractivity (Wildman–Crippen MR) is 46.4 cm³/mol. The van der Waals surface area contributed by atoms with E-state index in [1.165, 1.54) is 0 Å². The minimum absolute atomic E-state index is 0.150. The molecule has 0 aliphatic heterocycles. The molecule has 60 valence electrons. The standard InChI is InChI=1S/C7H10AsNO2/c9-5-1-2-7(11)6(3-5)8-4-10/h1-3,8,10-11H,4,9H2. The minimum atomic E-state index is -0.609. The molecular formula is C7H10AsNO2. The summed E-state index contributed by atoms with van der Waals surface area (Å²) >= 11 is -0.609. The Hall–Kier alpha value is -0.662. The maximum absolute atomic E-state index is 9.23. The number of hydrogen-bond acceptors (Lipinski definition) is 3. The first-order chi connectivity index (χ1) is 5.24. The molecule has 11 heavy (non-hydrogen) atoms. The Kier molecular flexibility index (Phi) is 2.80. The Bertz CT molecular complexity index is 252. The van der Waals surface area contributed by atoms with Crippen LogP contribution in [0, 0.1) is 0 Å². The number of benzene rings is 1. The number of phenols is 1. The quantitative estimate of drug-likeness (QED) is 0.336. The van der Waals surface area contributed by atoms with Crippen LogP contribution in [0.2, 0.25) is 0 Å². The van der Waals surface area contributed by atoms with E-state index in [0.29, 0.717) is 5.69 Å². The first-order valence-corrected chi connectivity index (χ1v) is 5.70. The molecule has 0 heterocycles. The van der Waals surface area contributed by atoms with Crippen LogP contribution in [-0.2, 0) is 0 Å². The number of nitrogen functional groups attached to an aromatic ring is 1. The van der Waals surface area contributed by atoms with Crippen molar-refractivity contribution >= 4 is 25.8 Å². The van der Waals surface area contributed by atoms with Crippen LogP contribution < -0.4 is 10.1 Å². The summed E-state index contributed by atoms with van der Waals surface area (Å²) in [5, 5.41) is 18.0. The number of aromatic hydroxyl groups is 1. The molecule has 1 aromatic rings. The maximum atomic E-state index is 9.23. The first-order valence-electron chi connectivity index (χ1n) is 3.17. The van der Waals surface area contributed by atoms with Crippen LogP contribution in [0.3, 0.4) is 0 Å². The topological polar surface area (TPSA) is 66.5 Å². The molecule has 1 unspecified atom stereocenters. The number of phenolic OH excluding ortho intramolecular Hbond substituents is 1. The fourth-order valence-electron chi connectivity index (χ4n) is 0.780. The zero-order chi connectivity index (χ0) is 8.27. The molecule has 0 aliphatic carbocycles. The summed E-state index contributed by atoms with van der Waals surface area (Å²) in [6.07, 6.45) is 0. The SMILES string of the molecule is Nc1ccc(O)c([AsH]CO)c1. The molecule has 0 aliphatic rings. The van der Waals surface area contributed by atoms with E-state index >= 15 is 0 Å². The molecule has 0 amide bonds. The molecule has 0 spiro atoms. The molecule has 0 bridgehead atoms. The molecule has 0 saturated carbocycles. The van der Waals surface area contributed by atoms with Crippen molar-refractivity contribution in [2.75, 3.05) is 11.1 Å². The fraction of sp³-hybridized carbons (Fsp3) is 0.143. The van der Waals surface area contributed by atoms with E-state index in [9.17, 15) is 5.11 Å². The Morgan fingerprint density at radius 3 is 2.82 bits per heavy atom. The Labute approximate surface area is 71.5 Å². The summed E-state index contributed by atoms with van der Waals surface area (Å²) in [5.41, 5.74) is 6.12. The average Bonchev–Trinajstić information content (AvgIpc) is 1.98. The number of anilines is 1. The van der Waals surface area contributed by atoms with Gasteiger partial charge in [0.2, 0.25) is 0 Å². The van der Waals surface area contributed by atoms with Crippen molar-refractivity contribution in [3.05, 3.63) is 18.2 Å². The molecule has 1 atom stereocenters. The van der Waals surface area contributed by atoms with Crippen molar-refractivity contribution < 1.29 is 10.2 Å². The van der Waals surface area contributed by atoms with Crippen molar-refractivity contribution in [2.45, 2.75) is 0 Å². The Morgan fingerprint density at radius 1 is 1.45 bits per heavy atom. The van der Waals surface area contributed by atoms with Gasteiger partial charge in [0, 0.05) is 0 Å². The van der Waals surface area contributed by atoms with Gasteiger partial charge in [0.1, 0.15) is 0 Å². The van der Waals surface area contributed by atoms with Crippen LogP contribution >= 0.6 is 0 Å². The van der Waals surface area contributed by atoms with Gasteiger partial charge in [-0.05, 0) is 0 Å². The molecule has 0 radical (unpaired) electrons. The molecule has 4 N–H and O–H groups in total. The third kappa shape index (κ3) is 2.14. The number of aliphatic hydroxyl groups excluding tert-OH is 1. The van der Waals surface area contributed by atoms with E-state index in [2.05, 4.69) is 0 Å². The van der Waals surface area contributed by atoms with Gasteiger partial charge in [-0.15, -0.1) is 0 Å². The Morgan fingerprint density at radius 2 is 2.18 bits per heavy atom. The van der Waals surface area contributed by atoms with E-state index in [-0.39, 0.29) is 11.1 Å². The molecule has 0 saturated heterocycles. The van der Waals surface area contributed by atoms with Crippen LogP contribution in [0.1, 0.15) is 0 Å². The molecule has 3 nitrogen and oxygen atoms in total. The third-order valence-corrected chi connectivity index (χ3v) is 3.26. The van der Waals surface area contributed by atoms with Gasteiger partial charge in [-0.25, -0.2) is 0 Å². The van der Waals surface area contributed by atoms with Gasteiger partial charge in [0.05, 0.1) is 0 Å². The second-order valence-corrected chi connectivity index (χ2v) is 4.65. The summed E-state index contributed by atoms with van der Waals surface area (Å²) in [7, 11) is 0. The van der Waals surface area contributed by atoms with Gasteiger partial charge in [-0.2, -0.15) is 0 Å². The predicted octanol–water partition coefficient (Wildman–Crippen LogP) is -1.01. The molecular weight excluding hydrogens is 205 g/mol. The summed E-state index contributed by atoms with van der Waals surface area (Å²) in [6, 6.07) is 4.91. The zero-order valence-electron chi connectivity index (χ0n) is 5.91. The number of rotatable bonds is 2. The van der Waals surface area contributed by atoms with Crippen LogP contribution in [0.4, 0.5) is 5.69 Å². The Balaban J connectivity index is 2.93. The van der Waals surface area contributed by atoms with Gasteiger partial charge in [0.25, 0.3) is 0 Å². The number of nitrogens with two attached hydrogens (primary N) is 1. The average molecular weight is 215 g/mol. The van der Waals surface area contributed by atoms with Gasteiger partial charge in [-0.3, -0.25) is 0 Å². The normalized spacial score (nSPS) is 11.0. The van der Waals surface area contributed by atoms with Crippen LogP contribution in [0.5, 0.6) is 5.75 Å². The summed E-state index contributed by atoms with van der Waals surface area (Å²) in [6.45, 7) is 0. The van der Waals surface area contributed by atoms with Crippen LogP contribution in [0.15, 0.2) is 18.2 Å². The van der Waals surface area contributed by atoms with Crippen molar-refractivity contribution in [2.24, 2.45) is 0 Å².